The summed E-state index contributed by atoms with van der Waals surface area (Å²) >= 11 is 5.80. The van der Waals surface area contributed by atoms with Crippen molar-refractivity contribution in [2.75, 3.05) is 20.2 Å². The van der Waals surface area contributed by atoms with E-state index < -0.39 is 10.0 Å². The van der Waals surface area contributed by atoms with Gasteiger partial charge in [-0.3, -0.25) is 0 Å². The van der Waals surface area contributed by atoms with Crippen molar-refractivity contribution < 1.29 is 13.2 Å². The van der Waals surface area contributed by atoms with Gasteiger partial charge in [0, 0.05) is 24.0 Å². The van der Waals surface area contributed by atoms with Crippen LogP contribution in [0.15, 0.2) is 60.0 Å². The number of hydrogen-bond acceptors (Lipinski definition) is 3. The van der Waals surface area contributed by atoms with E-state index in [1.807, 2.05) is 30.3 Å². The fourth-order valence-electron chi connectivity index (χ4n) is 1.78. The molecule has 0 fully saturated rings. The van der Waals surface area contributed by atoms with E-state index in [9.17, 15) is 8.42 Å². The molecular formula is C17H18ClNO3S. The first-order chi connectivity index (χ1) is 11.0. The van der Waals surface area contributed by atoms with E-state index in [4.69, 9.17) is 16.3 Å². The van der Waals surface area contributed by atoms with Crippen molar-refractivity contribution in [2.24, 2.45) is 0 Å². The van der Waals surface area contributed by atoms with Crippen molar-refractivity contribution in [1.29, 1.82) is 0 Å². The Morgan fingerprint density at radius 3 is 2.39 bits per heavy atom. The summed E-state index contributed by atoms with van der Waals surface area (Å²) in [6.45, 7) is 0.552. The molecule has 6 heteroatoms. The van der Waals surface area contributed by atoms with E-state index in [0.29, 0.717) is 5.02 Å². The minimum absolute atomic E-state index is 0.266. The average Bonchev–Trinajstić information content (AvgIpc) is 2.55. The molecule has 2 aromatic rings. The predicted octanol–water partition coefficient (Wildman–Crippen LogP) is 3.65. The van der Waals surface area contributed by atoms with Gasteiger partial charge in [0.2, 0.25) is 10.0 Å². The fraction of sp³-hybridized carbons (Fsp3) is 0.176. The third kappa shape index (κ3) is 5.71. The Balaban J connectivity index is 1.89. The number of sulfonamides is 1. The molecule has 2 aromatic carbocycles. The van der Waals surface area contributed by atoms with E-state index in [2.05, 4.69) is 0 Å². The molecule has 0 spiro atoms. The molecule has 0 radical (unpaired) electrons. The summed E-state index contributed by atoms with van der Waals surface area (Å²) in [5.74, 6) is 0.718. The number of rotatable bonds is 7. The van der Waals surface area contributed by atoms with Crippen LogP contribution in [0.4, 0.5) is 0 Å². The minimum Gasteiger partial charge on any atom is -0.492 e. The molecule has 0 amide bonds. The highest BCUT2D eigenvalue weighted by atomic mass is 35.5. The quantitative estimate of drug-likeness (QED) is 0.765. The molecule has 0 saturated carbocycles. The molecule has 2 rings (SSSR count). The maximum absolute atomic E-state index is 12.2. The minimum atomic E-state index is -3.48. The molecule has 0 atom stereocenters. The van der Waals surface area contributed by atoms with Crippen LogP contribution in [-0.2, 0) is 10.0 Å². The van der Waals surface area contributed by atoms with Gasteiger partial charge in [0.25, 0.3) is 0 Å². The van der Waals surface area contributed by atoms with E-state index in [1.54, 1.807) is 30.3 Å². The van der Waals surface area contributed by atoms with Gasteiger partial charge in [0.1, 0.15) is 12.4 Å². The first kappa shape index (κ1) is 17.5. The number of likely N-dealkylation sites (N-methyl/N-ethyl adjacent to an activating group) is 1. The Kier molecular flexibility index (Phi) is 6.21. The van der Waals surface area contributed by atoms with Crippen molar-refractivity contribution in [2.45, 2.75) is 0 Å². The highest BCUT2D eigenvalue weighted by Crippen LogP contribution is 2.12. The van der Waals surface area contributed by atoms with Gasteiger partial charge in [-0.25, -0.2) is 8.42 Å². The third-order valence-electron chi connectivity index (χ3n) is 3.16. The Labute approximate surface area is 142 Å². The van der Waals surface area contributed by atoms with Crippen LogP contribution >= 0.6 is 11.6 Å². The Bertz CT molecular complexity index is 743. The molecule has 23 heavy (non-hydrogen) atoms. The maximum atomic E-state index is 12.2. The van der Waals surface area contributed by atoms with E-state index in [-0.39, 0.29) is 13.2 Å². The molecule has 0 bridgehead atoms. The Morgan fingerprint density at radius 1 is 1.09 bits per heavy atom. The molecule has 0 saturated heterocycles. The maximum Gasteiger partial charge on any atom is 0.236 e. The molecule has 0 heterocycles. The first-order valence-corrected chi connectivity index (χ1v) is 8.93. The molecular weight excluding hydrogens is 334 g/mol. The number of para-hydroxylation sites is 1. The average molecular weight is 352 g/mol. The summed E-state index contributed by atoms with van der Waals surface area (Å²) in [5, 5.41) is 1.79. The van der Waals surface area contributed by atoms with E-state index in [1.165, 1.54) is 16.8 Å². The summed E-state index contributed by atoms with van der Waals surface area (Å²) < 4.78 is 31.1. The third-order valence-corrected chi connectivity index (χ3v) is 4.94. The predicted molar refractivity (Wildman–Crippen MR) is 94.0 cm³/mol. The number of halogens is 1. The molecule has 0 aliphatic carbocycles. The normalized spacial score (nSPS) is 12.0. The topological polar surface area (TPSA) is 46.6 Å². The van der Waals surface area contributed by atoms with Crippen molar-refractivity contribution in [3.05, 3.63) is 70.6 Å². The molecule has 0 aliphatic rings. The lowest BCUT2D eigenvalue weighted by Gasteiger charge is -2.15. The lowest BCUT2D eigenvalue weighted by atomic mass is 10.2. The van der Waals surface area contributed by atoms with Crippen LogP contribution < -0.4 is 4.74 Å². The van der Waals surface area contributed by atoms with E-state index in [0.717, 1.165) is 11.3 Å². The summed E-state index contributed by atoms with van der Waals surface area (Å²) in [6.07, 6.45) is 1.54. The second-order valence-corrected chi connectivity index (χ2v) is 7.24. The number of ether oxygens (including phenoxy) is 1. The first-order valence-electron chi connectivity index (χ1n) is 7.05. The van der Waals surface area contributed by atoms with Crippen LogP contribution in [0.25, 0.3) is 6.08 Å². The monoisotopic (exact) mass is 351 g/mol. The van der Waals surface area contributed by atoms with Crippen molar-refractivity contribution >= 4 is 27.7 Å². The smallest absolute Gasteiger partial charge is 0.236 e. The summed E-state index contributed by atoms with van der Waals surface area (Å²) in [4.78, 5) is 0. The standard InChI is InChI=1S/C17H18ClNO3S/c1-19(12-13-22-17-5-3-2-4-6-17)23(20,21)14-11-15-7-9-16(18)10-8-15/h2-11,14H,12-13H2,1H3/b14-11+. The van der Waals surface area contributed by atoms with Crippen LogP contribution in [0, 0.1) is 0 Å². The van der Waals surface area contributed by atoms with Crippen LogP contribution in [0.3, 0.4) is 0 Å². The highest BCUT2D eigenvalue weighted by molar-refractivity contribution is 7.92. The van der Waals surface area contributed by atoms with Gasteiger partial charge in [-0.05, 0) is 35.9 Å². The molecule has 0 N–H and O–H groups in total. The zero-order valence-corrected chi connectivity index (χ0v) is 14.3. The van der Waals surface area contributed by atoms with E-state index >= 15 is 0 Å². The van der Waals surface area contributed by atoms with Crippen LogP contribution in [0.5, 0.6) is 5.75 Å². The fourth-order valence-corrected chi connectivity index (χ4v) is 2.77. The second-order valence-electron chi connectivity index (χ2n) is 4.88. The lowest BCUT2D eigenvalue weighted by Crippen LogP contribution is -2.29. The summed E-state index contributed by atoms with van der Waals surface area (Å²) in [7, 11) is -1.96. The van der Waals surface area contributed by atoms with Crippen molar-refractivity contribution in [3.8, 4) is 5.75 Å². The molecule has 0 unspecified atom stereocenters. The van der Waals surface area contributed by atoms with Gasteiger partial charge in [-0.1, -0.05) is 41.9 Å². The van der Waals surface area contributed by atoms with Gasteiger partial charge in [-0.15, -0.1) is 0 Å². The highest BCUT2D eigenvalue weighted by Gasteiger charge is 2.13. The van der Waals surface area contributed by atoms with Gasteiger partial charge < -0.3 is 4.74 Å². The van der Waals surface area contributed by atoms with Crippen LogP contribution in [0.2, 0.25) is 5.02 Å². The number of hydrogen-bond donors (Lipinski definition) is 0. The lowest BCUT2D eigenvalue weighted by molar-refractivity contribution is 0.288. The van der Waals surface area contributed by atoms with Gasteiger partial charge in [-0.2, -0.15) is 4.31 Å². The SMILES string of the molecule is CN(CCOc1ccccc1)S(=O)(=O)/C=C/c1ccc(Cl)cc1. The molecule has 0 aliphatic heterocycles. The van der Waals surface area contributed by atoms with Crippen molar-refractivity contribution in [3.63, 3.8) is 0 Å². The van der Waals surface area contributed by atoms with Gasteiger partial charge >= 0.3 is 0 Å². The Morgan fingerprint density at radius 2 is 1.74 bits per heavy atom. The summed E-state index contributed by atoms with van der Waals surface area (Å²) in [5.41, 5.74) is 0.770. The van der Waals surface area contributed by atoms with Gasteiger partial charge in [0.05, 0.1) is 0 Å². The largest absolute Gasteiger partial charge is 0.492 e. The zero-order valence-electron chi connectivity index (χ0n) is 12.7. The number of benzene rings is 2. The number of nitrogens with zero attached hydrogens (tertiary/aromatic N) is 1. The van der Waals surface area contributed by atoms with Gasteiger partial charge in [0.15, 0.2) is 0 Å². The Hall–Kier alpha value is -1.82. The van der Waals surface area contributed by atoms with Crippen LogP contribution in [-0.4, -0.2) is 32.9 Å². The zero-order chi connectivity index (χ0) is 16.7. The summed E-state index contributed by atoms with van der Waals surface area (Å²) in [6, 6.07) is 16.2. The molecule has 4 nitrogen and oxygen atoms in total. The second kappa shape index (κ2) is 8.15. The molecule has 0 aromatic heterocycles. The van der Waals surface area contributed by atoms with Crippen LogP contribution in [0.1, 0.15) is 5.56 Å². The van der Waals surface area contributed by atoms with Crippen molar-refractivity contribution in [1.82, 2.24) is 4.31 Å². The molecule has 122 valence electrons.